The van der Waals surface area contributed by atoms with Crippen LogP contribution in [0.25, 0.3) is 0 Å². The van der Waals surface area contributed by atoms with Gasteiger partial charge in [-0.2, -0.15) is 0 Å². The van der Waals surface area contributed by atoms with Crippen LogP contribution < -0.4 is 0 Å². The molecule has 2 amide bonds. The maximum Gasteiger partial charge on any atom is 0.324 e. The number of ether oxygens (including phenoxy) is 1. The molecule has 1 aromatic rings. The highest BCUT2D eigenvalue weighted by Crippen LogP contribution is 2.44. The van der Waals surface area contributed by atoms with Gasteiger partial charge in [0, 0.05) is 13.6 Å². The molecule has 0 aromatic heterocycles. The molecule has 4 rings (SSSR count). The first kappa shape index (κ1) is 13.5. The van der Waals surface area contributed by atoms with Gasteiger partial charge in [-0.25, -0.2) is 0 Å². The monoisotopic (exact) mass is 300 g/mol. The molecule has 1 aromatic carbocycles. The lowest BCUT2D eigenvalue weighted by Crippen LogP contribution is -2.51. The topological polar surface area (TPSA) is 66.9 Å². The summed E-state index contributed by atoms with van der Waals surface area (Å²) in [5.41, 5.74) is 1.04. The Morgan fingerprint density at radius 3 is 2.55 bits per heavy atom. The van der Waals surface area contributed by atoms with Crippen molar-refractivity contribution in [3.8, 4) is 0 Å². The Balaban J connectivity index is 1.72. The number of carbonyl (C=O) groups excluding carboxylic acids is 3. The molecule has 6 nitrogen and oxygen atoms in total. The van der Waals surface area contributed by atoms with Crippen molar-refractivity contribution in [3.63, 3.8) is 0 Å². The molecule has 22 heavy (non-hydrogen) atoms. The van der Waals surface area contributed by atoms with Crippen molar-refractivity contribution in [2.24, 2.45) is 11.8 Å². The third-order valence-electron chi connectivity index (χ3n) is 5.01. The molecule has 0 radical (unpaired) electrons. The molecular weight excluding hydrogens is 284 g/mol. The van der Waals surface area contributed by atoms with Crippen molar-refractivity contribution in [1.29, 1.82) is 0 Å². The van der Waals surface area contributed by atoms with E-state index in [4.69, 9.17) is 4.74 Å². The minimum Gasteiger partial charge on any atom is -0.462 e. The first-order chi connectivity index (χ1) is 10.6. The average molecular weight is 300 g/mol. The largest absolute Gasteiger partial charge is 0.462 e. The van der Waals surface area contributed by atoms with Gasteiger partial charge in [-0.1, -0.05) is 30.3 Å². The van der Waals surface area contributed by atoms with E-state index in [0.717, 1.165) is 10.5 Å². The Morgan fingerprint density at radius 1 is 1.09 bits per heavy atom. The first-order valence-electron chi connectivity index (χ1n) is 7.38. The second-order valence-corrected chi connectivity index (χ2v) is 6.07. The number of likely N-dealkylation sites (tertiary alicyclic amines) is 1. The molecule has 3 saturated heterocycles. The van der Waals surface area contributed by atoms with Crippen LogP contribution in [-0.4, -0.2) is 53.8 Å². The van der Waals surface area contributed by atoms with Gasteiger partial charge in [0.2, 0.25) is 11.8 Å². The number of rotatable bonds is 1. The van der Waals surface area contributed by atoms with Crippen molar-refractivity contribution in [1.82, 2.24) is 9.80 Å². The van der Waals surface area contributed by atoms with E-state index in [-0.39, 0.29) is 24.5 Å². The molecule has 0 unspecified atom stereocenters. The zero-order chi connectivity index (χ0) is 15.4. The van der Waals surface area contributed by atoms with Crippen molar-refractivity contribution in [2.75, 3.05) is 20.2 Å². The van der Waals surface area contributed by atoms with Gasteiger partial charge in [-0.05, 0) is 5.56 Å². The van der Waals surface area contributed by atoms with E-state index in [2.05, 4.69) is 0 Å². The van der Waals surface area contributed by atoms with E-state index in [1.807, 2.05) is 35.2 Å². The molecular formula is C16H16N2O4. The molecule has 3 fully saturated rings. The summed E-state index contributed by atoms with van der Waals surface area (Å²) in [6.45, 7) is 0.690. The van der Waals surface area contributed by atoms with Gasteiger partial charge in [0.15, 0.2) is 0 Å². The molecule has 4 atom stereocenters. The number of carbonyl (C=O) groups is 3. The second-order valence-electron chi connectivity index (χ2n) is 6.07. The quantitative estimate of drug-likeness (QED) is 0.547. The fourth-order valence-corrected chi connectivity index (χ4v) is 3.91. The second kappa shape index (κ2) is 4.64. The predicted molar refractivity (Wildman–Crippen MR) is 75.4 cm³/mol. The van der Waals surface area contributed by atoms with Gasteiger partial charge in [-0.15, -0.1) is 0 Å². The number of fused-ring (bicyclic) bond motifs is 3. The van der Waals surface area contributed by atoms with Crippen LogP contribution in [0.4, 0.5) is 0 Å². The van der Waals surface area contributed by atoms with E-state index in [0.29, 0.717) is 6.54 Å². The number of imide groups is 1. The third-order valence-corrected chi connectivity index (χ3v) is 5.01. The summed E-state index contributed by atoms with van der Waals surface area (Å²) in [5, 5.41) is 0. The number of amides is 2. The highest BCUT2D eigenvalue weighted by Gasteiger charge is 2.61. The molecule has 6 heteroatoms. The first-order valence-corrected chi connectivity index (χ1v) is 7.38. The van der Waals surface area contributed by atoms with Gasteiger partial charge in [0.05, 0.1) is 17.9 Å². The minimum atomic E-state index is -0.648. The molecule has 3 heterocycles. The van der Waals surface area contributed by atoms with Crippen molar-refractivity contribution < 1.29 is 19.1 Å². The van der Waals surface area contributed by atoms with E-state index in [1.165, 1.54) is 7.05 Å². The number of cyclic esters (lactones) is 1. The minimum absolute atomic E-state index is 0.0968. The summed E-state index contributed by atoms with van der Waals surface area (Å²) in [6, 6.07) is 9.00. The predicted octanol–water partition coefficient (Wildman–Crippen LogP) is 0.200. The van der Waals surface area contributed by atoms with Crippen molar-refractivity contribution in [3.05, 3.63) is 35.9 Å². The number of morpholine rings is 1. The summed E-state index contributed by atoms with van der Waals surface area (Å²) in [4.78, 5) is 39.9. The molecule has 114 valence electrons. The third kappa shape index (κ3) is 1.67. The molecule has 0 spiro atoms. The summed E-state index contributed by atoms with van der Waals surface area (Å²) in [6.07, 6.45) is 0. The van der Waals surface area contributed by atoms with E-state index in [1.54, 1.807) is 0 Å². The molecule has 0 bridgehead atoms. The smallest absolute Gasteiger partial charge is 0.324 e. The lowest BCUT2D eigenvalue weighted by Gasteiger charge is -2.37. The van der Waals surface area contributed by atoms with Gasteiger partial charge < -0.3 is 4.74 Å². The van der Waals surface area contributed by atoms with E-state index in [9.17, 15) is 14.4 Å². The molecule has 0 N–H and O–H groups in total. The summed E-state index contributed by atoms with van der Waals surface area (Å²) in [5.74, 6) is -1.89. The van der Waals surface area contributed by atoms with E-state index >= 15 is 0 Å². The SMILES string of the molecule is CN1C(=O)[C@H]2[C@H](CN3[C@H](c4ccccc4)COC(=O)[C@@H]23)C1=O. The maximum absolute atomic E-state index is 12.3. The van der Waals surface area contributed by atoms with Crippen molar-refractivity contribution in [2.45, 2.75) is 12.1 Å². The summed E-state index contributed by atoms with van der Waals surface area (Å²) < 4.78 is 5.32. The normalized spacial score (nSPS) is 34.6. The van der Waals surface area contributed by atoms with Crippen LogP contribution in [0.15, 0.2) is 30.3 Å². The van der Waals surface area contributed by atoms with Gasteiger partial charge in [0.1, 0.15) is 12.6 Å². The van der Waals surface area contributed by atoms with Gasteiger partial charge in [0.25, 0.3) is 0 Å². The summed E-state index contributed by atoms with van der Waals surface area (Å²) in [7, 11) is 1.48. The lowest BCUT2D eigenvalue weighted by atomic mass is 9.92. The van der Waals surface area contributed by atoms with Crippen LogP contribution in [0, 0.1) is 11.8 Å². The van der Waals surface area contributed by atoms with Gasteiger partial charge in [-0.3, -0.25) is 24.2 Å². The molecule has 0 aliphatic carbocycles. The van der Waals surface area contributed by atoms with Crippen LogP contribution >= 0.6 is 0 Å². The van der Waals surface area contributed by atoms with Crippen molar-refractivity contribution >= 4 is 17.8 Å². The fourth-order valence-electron chi connectivity index (χ4n) is 3.91. The Morgan fingerprint density at radius 2 is 1.82 bits per heavy atom. The average Bonchev–Trinajstić information content (AvgIpc) is 3.03. The highest BCUT2D eigenvalue weighted by atomic mass is 16.5. The van der Waals surface area contributed by atoms with Crippen LogP contribution in [0.2, 0.25) is 0 Å². The van der Waals surface area contributed by atoms with E-state index < -0.39 is 23.8 Å². The lowest BCUT2D eigenvalue weighted by molar-refractivity contribution is -0.164. The Hall–Kier alpha value is -2.21. The summed E-state index contributed by atoms with van der Waals surface area (Å²) >= 11 is 0. The molecule has 3 aliphatic rings. The highest BCUT2D eigenvalue weighted by molar-refractivity contribution is 6.07. The number of hydrogen-bond acceptors (Lipinski definition) is 5. The number of nitrogens with zero attached hydrogens (tertiary/aromatic N) is 2. The molecule has 0 saturated carbocycles. The molecule has 3 aliphatic heterocycles. The maximum atomic E-state index is 12.3. The Bertz CT molecular complexity index is 659. The zero-order valence-electron chi connectivity index (χ0n) is 12.1. The number of benzene rings is 1. The fraction of sp³-hybridized carbons (Fsp3) is 0.438. The zero-order valence-corrected chi connectivity index (χ0v) is 12.1. The van der Waals surface area contributed by atoms with Crippen LogP contribution in [0.1, 0.15) is 11.6 Å². The van der Waals surface area contributed by atoms with Crippen LogP contribution in [0.3, 0.4) is 0 Å². The van der Waals surface area contributed by atoms with Gasteiger partial charge >= 0.3 is 5.97 Å². The Kier molecular flexibility index (Phi) is 2.84. The standard InChI is InChI=1S/C16H16N2O4/c1-17-14(19)10-7-18-11(9-5-3-2-4-6-9)8-22-16(21)13(18)12(10)15(17)20/h2-6,10-13H,7-8H2,1H3/t10-,11-,12-,13+/m0/s1. The van der Waals surface area contributed by atoms with Crippen LogP contribution in [0.5, 0.6) is 0 Å². The Labute approximate surface area is 127 Å². The number of hydrogen-bond donors (Lipinski definition) is 0. The van der Waals surface area contributed by atoms with Crippen LogP contribution in [-0.2, 0) is 19.1 Å². The number of esters is 1.